The van der Waals surface area contributed by atoms with Crippen LogP contribution < -0.4 is 5.32 Å². The molecular weight excluding hydrogens is 350 g/mol. The molecule has 0 saturated carbocycles. The predicted octanol–water partition coefficient (Wildman–Crippen LogP) is 2.07. The number of likely N-dealkylation sites (tertiary alicyclic amines) is 1. The molecule has 1 heterocycles. The second kappa shape index (κ2) is 8.71. The lowest BCUT2D eigenvalue weighted by Gasteiger charge is -2.32. The second-order valence-corrected chi connectivity index (χ2v) is 8.18. The first-order chi connectivity index (χ1) is 11.8. The zero-order valence-corrected chi connectivity index (χ0v) is 15.1. The number of hydrogen-bond acceptors (Lipinski definition) is 4. The van der Waals surface area contributed by atoms with Gasteiger partial charge in [-0.15, -0.1) is 0 Å². The maximum absolute atomic E-state index is 12.5. The van der Waals surface area contributed by atoms with Crippen LogP contribution in [0, 0.1) is 5.92 Å². The number of carbonyl (C=O) groups excluding carboxylic acids is 1. The van der Waals surface area contributed by atoms with E-state index in [1.165, 1.54) is 12.1 Å². The largest absolute Gasteiger partial charge is 0.342 e. The molecular formula is C17H24F2N2O3S. The predicted molar refractivity (Wildman–Crippen MR) is 91.2 cm³/mol. The lowest BCUT2D eigenvalue weighted by molar-refractivity contribution is -0.131. The molecule has 140 valence electrons. The molecule has 0 spiro atoms. The van der Waals surface area contributed by atoms with Crippen molar-refractivity contribution < 1.29 is 22.0 Å². The van der Waals surface area contributed by atoms with Crippen molar-refractivity contribution >= 4 is 15.7 Å². The highest BCUT2D eigenvalue weighted by Gasteiger charge is 2.26. The van der Waals surface area contributed by atoms with Gasteiger partial charge in [-0.1, -0.05) is 19.1 Å². The molecule has 1 aliphatic heterocycles. The number of benzene rings is 1. The highest BCUT2D eigenvalue weighted by atomic mass is 32.2. The number of piperidine rings is 1. The van der Waals surface area contributed by atoms with Crippen LogP contribution in [0.15, 0.2) is 29.2 Å². The number of rotatable bonds is 7. The number of sulfone groups is 1. The van der Waals surface area contributed by atoms with E-state index in [-0.39, 0.29) is 12.3 Å². The second-order valence-electron chi connectivity index (χ2n) is 6.26. The van der Waals surface area contributed by atoms with E-state index in [2.05, 4.69) is 12.2 Å². The van der Waals surface area contributed by atoms with Crippen molar-refractivity contribution in [2.24, 2.45) is 5.92 Å². The lowest BCUT2D eigenvalue weighted by Crippen LogP contribution is -2.41. The highest BCUT2D eigenvalue weighted by Crippen LogP contribution is 2.20. The van der Waals surface area contributed by atoms with Gasteiger partial charge in [0.05, 0.1) is 11.3 Å². The van der Waals surface area contributed by atoms with Gasteiger partial charge in [0.1, 0.15) is 0 Å². The first-order valence-electron chi connectivity index (χ1n) is 8.44. The van der Waals surface area contributed by atoms with Crippen molar-refractivity contribution in [3.05, 3.63) is 29.8 Å². The molecule has 2 rings (SSSR count). The van der Waals surface area contributed by atoms with E-state index >= 15 is 0 Å². The molecule has 1 aromatic carbocycles. The molecule has 1 aromatic rings. The smallest absolute Gasteiger partial charge is 0.341 e. The minimum atomic E-state index is -4.59. The van der Waals surface area contributed by atoms with Gasteiger partial charge in [0.25, 0.3) is 0 Å². The molecule has 0 unspecified atom stereocenters. The zero-order chi connectivity index (χ0) is 18.4. The molecule has 1 N–H and O–H groups in total. The molecule has 25 heavy (non-hydrogen) atoms. The van der Waals surface area contributed by atoms with Crippen molar-refractivity contribution in [3.8, 4) is 0 Å². The summed E-state index contributed by atoms with van der Waals surface area (Å²) < 4.78 is 47.8. The van der Waals surface area contributed by atoms with E-state index in [1.807, 2.05) is 4.90 Å². The van der Waals surface area contributed by atoms with Gasteiger partial charge in [-0.25, -0.2) is 8.42 Å². The molecule has 0 bridgehead atoms. The molecule has 1 aliphatic rings. The molecule has 1 amide bonds. The molecule has 0 aromatic heterocycles. The van der Waals surface area contributed by atoms with Crippen molar-refractivity contribution in [1.29, 1.82) is 0 Å². The summed E-state index contributed by atoms with van der Waals surface area (Å²) in [6.45, 7) is 5.41. The van der Waals surface area contributed by atoms with Crippen LogP contribution in [0.4, 0.5) is 8.78 Å². The molecule has 5 nitrogen and oxygen atoms in total. The van der Waals surface area contributed by atoms with E-state index in [1.54, 1.807) is 0 Å². The minimum absolute atomic E-state index is 0.0219. The topological polar surface area (TPSA) is 66.5 Å². The Kier molecular flexibility index (Phi) is 6.89. The van der Waals surface area contributed by atoms with Crippen LogP contribution >= 0.6 is 0 Å². The van der Waals surface area contributed by atoms with Gasteiger partial charge >= 0.3 is 5.76 Å². The van der Waals surface area contributed by atoms with Crippen molar-refractivity contribution in [3.63, 3.8) is 0 Å². The standard InChI is InChI=1S/C17H24F2N2O3S/c1-2-20-12-14-7-9-21(10-8-14)16(22)11-13-3-5-15(6-4-13)25(23,24)17(18)19/h3-6,14,17,20H,2,7-12H2,1H3. The van der Waals surface area contributed by atoms with E-state index in [4.69, 9.17) is 0 Å². The quantitative estimate of drug-likeness (QED) is 0.794. The van der Waals surface area contributed by atoms with Gasteiger partial charge in [-0.3, -0.25) is 4.79 Å². The molecule has 0 atom stereocenters. The maximum atomic E-state index is 12.5. The summed E-state index contributed by atoms with van der Waals surface area (Å²) in [6, 6.07) is 5.11. The summed E-state index contributed by atoms with van der Waals surface area (Å²) in [5.74, 6) is -2.88. The van der Waals surface area contributed by atoms with Crippen LogP contribution in [-0.4, -0.2) is 51.2 Å². The number of halogens is 2. The monoisotopic (exact) mass is 374 g/mol. The fourth-order valence-corrected chi connectivity index (χ4v) is 3.64. The Morgan fingerprint density at radius 1 is 1.24 bits per heavy atom. The van der Waals surface area contributed by atoms with Crippen LogP contribution in [0.5, 0.6) is 0 Å². The van der Waals surface area contributed by atoms with Crippen LogP contribution in [0.3, 0.4) is 0 Å². The lowest BCUT2D eigenvalue weighted by atomic mass is 9.96. The highest BCUT2D eigenvalue weighted by molar-refractivity contribution is 7.91. The minimum Gasteiger partial charge on any atom is -0.342 e. The van der Waals surface area contributed by atoms with Crippen LogP contribution in [0.1, 0.15) is 25.3 Å². The number of carbonyl (C=O) groups is 1. The first-order valence-corrected chi connectivity index (χ1v) is 9.98. The number of nitrogens with zero attached hydrogens (tertiary/aromatic N) is 1. The number of amides is 1. The number of nitrogens with one attached hydrogen (secondary N) is 1. The molecule has 0 aliphatic carbocycles. The van der Waals surface area contributed by atoms with E-state index in [0.29, 0.717) is 24.6 Å². The zero-order valence-electron chi connectivity index (χ0n) is 14.2. The van der Waals surface area contributed by atoms with Crippen molar-refractivity contribution in [2.75, 3.05) is 26.2 Å². The summed E-state index contributed by atoms with van der Waals surface area (Å²) in [7, 11) is -4.59. The third-order valence-corrected chi connectivity index (χ3v) is 5.89. The van der Waals surface area contributed by atoms with E-state index in [0.717, 1.165) is 38.1 Å². The third-order valence-electron chi connectivity index (χ3n) is 4.49. The van der Waals surface area contributed by atoms with Crippen LogP contribution in [0.25, 0.3) is 0 Å². The van der Waals surface area contributed by atoms with Gasteiger partial charge in [0, 0.05) is 13.1 Å². The summed E-state index contributed by atoms with van der Waals surface area (Å²) in [5.41, 5.74) is 0.619. The Morgan fingerprint density at radius 3 is 2.36 bits per heavy atom. The SMILES string of the molecule is CCNCC1CCN(C(=O)Cc2ccc(S(=O)(=O)C(F)F)cc2)CC1. The fraction of sp³-hybridized carbons (Fsp3) is 0.588. The van der Waals surface area contributed by atoms with Crippen LogP contribution in [-0.2, 0) is 21.1 Å². The van der Waals surface area contributed by atoms with Gasteiger partial charge in [-0.05, 0) is 49.5 Å². The van der Waals surface area contributed by atoms with Gasteiger partial charge in [0.2, 0.25) is 15.7 Å². The third kappa shape index (κ3) is 5.22. The Bertz CT molecular complexity index is 670. The fourth-order valence-electron chi connectivity index (χ4n) is 2.92. The molecule has 8 heteroatoms. The molecule has 0 radical (unpaired) electrons. The Balaban J connectivity index is 1.89. The van der Waals surface area contributed by atoms with E-state index < -0.39 is 20.5 Å². The Morgan fingerprint density at radius 2 is 1.84 bits per heavy atom. The van der Waals surface area contributed by atoms with Gasteiger partial charge < -0.3 is 10.2 Å². The van der Waals surface area contributed by atoms with Crippen LogP contribution in [0.2, 0.25) is 0 Å². The van der Waals surface area contributed by atoms with Crippen molar-refractivity contribution in [2.45, 2.75) is 36.8 Å². The summed E-state index contributed by atoms with van der Waals surface area (Å²) in [5, 5.41) is 3.32. The normalized spacial score (nSPS) is 16.4. The Labute approximate surface area is 147 Å². The summed E-state index contributed by atoms with van der Waals surface area (Å²) >= 11 is 0. The summed E-state index contributed by atoms with van der Waals surface area (Å²) in [6.07, 6.45) is 2.07. The molecule has 1 saturated heterocycles. The van der Waals surface area contributed by atoms with Crippen molar-refractivity contribution in [1.82, 2.24) is 10.2 Å². The number of hydrogen-bond donors (Lipinski definition) is 1. The Hall–Kier alpha value is -1.54. The summed E-state index contributed by atoms with van der Waals surface area (Å²) in [4.78, 5) is 13.7. The maximum Gasteiger partial charge on any atom is 0.341 e. The molecule has 1 fully saturated rings. The average molecular weight is 374 g/mol. The van der Waals surface area contributed by atoms with Gasteiger partial charge in [0.15, 0.2) is 0 Å². The first kappa shape index (κ1) is 19.8. The van der Waals surface area contributed by atoms with Gasteiger partial charge in [-0.2, -0.15) is 8.78 Å². The average Bonchev–Trinajstić information content (AvgIpc) is 2.60. The van der Waals surface area contributed by atoms with E-state index in [9.17, 15) is 22.0 Å². The number of alkyl halides is 2.